The molecule has 2 saturated heterocycles. The van der Waals surface area contributed by atoms with Crippen molar-refractivity contribution in [3.05, 3.63) is 59.8 Å². The molecular weight excluding hydrogens is 458 g/mol. The molecule has 1 spiro atoms. The van der Waals surface area contributed by atoms with Crippen LogP contribution in [0.25, 0.3) is 10.9 Å². The maximum absolute atomic E-state index is 13.3. The van der Waals surface area contributed by atoms with E-state index in [1.165, 1.54) is 17.4 Å². The fraction of sp³-hybridized carbons (Fsp3) is 0.393. The highest BCUT2D eigenvalue weighted by atomic mass is 16.5. The maximum Gasteiger partial charge on any atom is 0.236 e. The second-order valence-electron chi connectivity index (χ2n) is 9.75. The summed E-state index contributed by atoms with van der Waals surface area (Å²) in [7, 11) is 1.55. The van der Waals surface area contributed by atoms with Gasteiger partial charge in [-0.25, -0.2) is 0 Å². The molecule has 2 aromatic carbocycles. The third-order valence-electron chi connectivity index (χ3n) is 7.41. The number of ketones is 1. The van der Waals surface area contributed by atoms with Crippen molar-refractivity contribution in [2.75, 3.05) is 33.4 Å². The van der Waals surface area contributed by atoms with Gasteiger partial charge in [-0.3, -0.25) is 24.2 Å². The van der Waals surface area contributed by atoms with Gasteiger partial charge in [0.05, 0.1) is 24.8 Å². The van der Waals surface area contributed by atoms with Crippen molar-refractivity contribution < 1.29 is 23.9 Å². The van der Waals surface area contributed by atoms with Gasteiger partial charge in [0, 0.05) is 36.9 Å². The predicted molar refractivity (Wildman–Crippen MR) is 135 cm³/mol. The lowest BCUT2D eigenvalue weighted by Crippen LogP contribution is -2.45. The summed E-state index contributed by atoms with van der Waals surface area (Å²) in [4.78, 5) is 44.6. The number of aromatic nitrogens is 1. The normalized spacial score (nSPS) is 17.8. The molecule has 0 unspecified atom stereocenters. The number of rotatable bonds is 8. The van der Waals surface area contributed by atoms with Gasteiger partial charge in [0.25, 0.3) is 0 Å². The lowest BCUT2D eigenvalue weighted by molar-refractivity contribution is -0.143. The van der Waals surface area contributed by atoms with E-state index < -0.39 is 5.41 Å². The first-order valence-corrected chi connectivity index (χ1v) is 12.3. The first-order chi connectivity index (χ1) is 17.4. The summed E-state index contributed by atoms with van der Waals surface area (Å²) >= 11 is 0. The molecule has 8 nitrogen and oxygen atoms in total. The second kappa shape index (κ2) is 9.78. The molecule has 1 aromatic heterocycles. The van der Waals surface area contributed by atoms with Crippen molar-refractivity contribution in [1.82, 2.24) is 14.8 Å². The average molecular weight is 490 g/mol. The number of benzene rings is 2. The minimum atomic E-state index is -0.588. The van der Waals surface area contributed by atoms with E-state index in [2.05, 4.69) is 22.0 Å². The Hall–Kier alpha value is -3.65. The molecule has 1 N–H and O–H groups in total. The van der Waals surface area contributed by atoms with Crippen LogP contribution in [0.15, 0.2) is 48.5 Å². The van der Waals surface area contributed by atoms with Crippen LogP contribution in [0.4, 0.5) is 0 Å². The summed E-state index contributed by atoms with van der Waals surface area (Å²) in [6, 6.07) is 15.7. The van der Waals surface area contributed by atoms with E-state index in [-0.39, 0.29) is 37.2 Å². The third-order valence-corrected chi connectivity index (χ3v) is 7.41. The number of piperidine rings is 1. The number of carbonyl (C=O) groups is 3. The highest BCUT2D eigenvalue weighted by Crippen LogP contribution is 2.42. The van der Waals surface area contributed by atoms with Gasteiger partial charge in [-0.2, -0.15) is 0 Å². The maximum atomic E-state index is 13.3. The summed E-state index contributed by atoms with van der Waals surface area (Å²) in [5.41, 5.74) is 1.95. The molecule has 0 aliphatic carbocycles. The van der Waals surface area contributed by atoms with Crippen molar-refractivity contribution in [1.29, 1.82) is 0 Å². The van der Waals surface area contributed by atoms with E-state index in [9.17, 15) is 14.4 Å². The Morgan fingerprint density at radius 1 is 1.06 bits per heavy atom. The lowest BCUT2D eigenvalue weighted by atomic mass is 9.77. The Morgan fingerprint density at radius 3 is 2.50 bits per heavy atom. The molecule has 0 saturated carbocycles. The number of nitrogens with zero attached hydrogens (tertiary/aromatic N) is 2. The zero-order valence-corrected chi connectivity index (χ0v) is 20.7. The van der Waals surface area contributed by atoms with Gasteiger partial charge in [-0.15, -0.1) is 0 Å². The van der Waals surface area contributed by atoms with Crippen molar-refractivity contribution in [3.63, 3.8) is 0 Å². The van der Waals surface area contributed by atoms with Gasteiger partial charge in [-0.05, 0) is 43.6 Å². The highest BCUT2D eigenvalue weighted by molar-refractivity contribution is 6.06. The Labute approximate surface area is 210 Å². The number of hydrogen-bond donors (Lipinski definition) is 1. The van der Waals surface area contributed by atoms with E-state index in [4.69, 9.17) is 9.47 Å². The number of carbonyl (C=O) groups excluding carboxylic acids is 3. The second-order valence-corrected chi connectivity index (χ2v) is 9.75. The number of ether oxygens (including phenoxy) is 2. The van der Waals surface area contributed by atoms with Gasteiger partial charge in [0.1, 0.15) is 6.61 Å². The van der Waals surface area contributed by atoms with Crippen LogP contribution in [0.3, 0.4) is 0 Å². The molecule has 2 fully saturated rings. The van der Waals surface area contributed by atoms with Crippen LogP contribution in [0.2, 0.25) is 0 Å². The molecule has 36 heavy (non-hydrogen) atoms. The summed E-state index contributed by atoms with van der Waals surface area (Å²) in [6.45, 7) is 4.32. The Kier molecular flexibility index (Phi) is 6.53. The van der Waals surface area contributed by atoms with E-state index >= 15 is 0 Å². The topological polar surface area (TPSA) is 91.9 Å². The van der Waals surface area contributed by atoms with E-state index in [0.29, 0.717) is 30.0 Å². The molecular formula is C28H31N3O5. The van der Waals surface area contributed by atoms with Crippen LogP contribution in [-0.2, 0) is 16.1 Å². The summed E-state index contributed by atoms with van der Waals surface area (Å²) in [5.74, 6) is 0.760. The molecule has 188 valence electrons. The first kappa shape index (κ1) is 24.1. The SMILES string of the molecule is COc1cc2[nH]c(C(C)=O)cc2cc1OCCN1C(=O)CC2(CCN(Cc3ccccc3)CC2)C1=O. The van der Waals surface area contributed by atoms with E-state index in [1.54, 1.807) is 25.3 Å². The van der Waals surface area contributed by atoms with Crippen LogP contribution >= 0.6 is 0 Å². The quantitative estimate of drug-likeness (QED) is 0.382. The smallest absolute Gasteiger partial charge is 0.236 e. The largest absolute Gasteiger partial charge is 0.493 e. The minimum absolute atomic E-state index is 0.0569. The van der Waals surface area contributed by atoms with E-state index in [1.807, 2.05) is 18.2 Å². The number of aromatic amines is 1. The molecule has 2 amide bonds. The number of amides is 2. The number of fused-ring (bicyclic) bond motifs is 1. The summed E-state index contributed by atoms with van der Waals surface area (Å²) < 4.78 is 11.4. The van der Waals surface area contributed by atoms with Crippen molar-refractivity contribution in [2.45, 2.75) is 32.7 Å². The molecule has 0 bridgehead atoms. The van der Waals surface area contributed by atoms with Gasteiger partial charge >= 0.3 is 0 Å². The van der Waals surface area contributed by atoms with E-state index in [0.717, 1.165) is 30.5 Å². The Balaban J connectivity index is 1.20. The standard InChI is InChI=1S/C28H31N3O5/c1-19(32)22-14-21-15-25(24(35-2)16-23(21)29-22)36-13-12-31-26(33)17-28(27(31)34)8-10-30(11-9-28)18-20-6-4-3-5-7-20/h3-7,14-16,29H,8-13,17-18H2,1-2H3. The number of imide groups is 1. The fourth-order valence-electron chi connectivity index (χ4n) is 5.31. The number of methoxy groups -OCH3 is 1. The summed E-state index contributed by atoms with van der Waals surface area (Å²) in [5, 5.41) is 0.825. The van der Waals surface area contributed by atoms with Crippen molar-refractivity contribution in [2.24, 2.45) is 5.41 Å². The molecule has 0 radical (unpaired) electrons. The van der Waals surface area contributed by atoms with Crippen LogP contribution in [0.5, 0.6) is 11.5 Å². The summed E-state index contributed by atoms with van der Waals surface area (Å²) in [6.07, 6.45) is 1.66. The minimum Gasteiger partial charge on any atom is -0.493 e. The molecule has 2 aliphatic heterocycles. The predicted octanol–water partition coefficient (Wildman–Crippen LogP) is 3.80. The lowest BCUT2D eigenvalue weighted by Gasteiger charge is -2.37. The van der Waals surface area contributed by atoms with Crippen molar-refractivity contribution in [3.8, 4) is 11.5 Å². The molecule has 0 atom stereocenters. The fourth-order valence-corrected chi connectivity index (χ4v) is 5.31. The van der Waals surface area contributed by atoms with Gasteiger partial charge in [-0.1, -0.05) is 30.3 Å². The van der Waals surface area contributed by atoms with Crippen molar-refractivity contribution >= 4 is 28.5 Å². The molecule has 5 rings (SSSR count). The number of Topliss-reactive ketones (excluding diaryl/α,β-unsaturated/α-hetero) is 1. The van der Waals surface area contributed by atoms with Crippen LogP contribution in [-0.4, -0.2) is 65.7 Å². The van der Waals surface area contributed by atoms with Gasteiger partial charge in [0.15, 0.2) is 17.3 Å². The van der Waals surface area contributed by atoms with Crippen LogP contribution in [0, 0.1) is 5.41 Å². The average Bonchev–Trinajstić information content (AvgIpc) is 3.40. The third kappa shape index (κ3) is 4.60. The first-order valence-electron chi connectivity index (χ1n) is 12.3. The van der Waals surface area contributed by atoms with Crippen LogP contribution < -0.4 is 9.47 Å². The number of nitrogens with one attached hydrogen (secondary N) is 1. The van der Waals surface area contributed by atoms with Gasteiger partial charge in [0.2, 0.25) is 11.8 Å². The Bertz CT molecular complexity index is 1290. The number of hydrogen-bond acceptors (Lipinski definition) is 6. The zero-order chi connectivity index (χ0) is 25.3. The number of likely N-dealkylation sites (tertiary alicyclic amines) is 2. The Morgan fingerprint density at radius 2 is 1.81 bits per heavy atom. The highest BCUT2D eigenvalue weighted by Gasteiger charge is 2.52. The molecule has 3 aromatic rings. The zero-order valence-electron chi connectivity index (χ0n) is 20.7. The molecule has 8 heteroatoms. The van der Waals surface area contributed by atoms with Crippen LogP contribution in [0.1, 0.15) is 42.2 Å². The monoisotopic (exact) mass is 489 g/mol. The van der Waals surface area contributed by atoms with Gasteiger partial charge < -0.3 is 14.5 Å². The molecule has 2 aliphatic rings. The molecule has 3 heterocycles. The number of H-pyrrole nitrogens is 1.